The van der Waals surface area contributed by atoms with Gasteiger partial charge < -0.3 is 14.8 Å². The van der Waals surface area contributed by atoms with Gasteiger partial charge in [0.1, 0.15) is 6.33 Å². The highest BCUT2D eigenvalue weighted by Crippen LogP contribution is 2.35. The van der Waals surface area contributed by atoms with Gasteiger partial charge in [-0.05, 0) is 24.6 Å². The van der Waals surface area contributed by atoms with Crippen molar-refractivity contribution < 1.29 is 13.9 Å². The Morgan fingerprint density at radius 2 is 2.14 bits per heavy atom. The molecule has 2 aromatic rings. The molecule has 0 bridgehead atoms. The number of halogens is 2. The van der Waals surface area contributed by atoms with Crippen molar-refractivity contribution in [3.63, 3.8) is 0 Å². The average Bonchev–Trinajstić information content (AvgIpc) is 2.49. The molecule has 0 saturated carbocycles. The molecule has 2 rings (SSSR count). The smallest absolute Gasteiger partial charge is 0.268 e. The van der Waals surface area contributed by atoms with E-state index in [1.165, 1.54) is 25.6 Å². The molecule has 0 unspecified atom stereocenters. The SMILES string of the molecule is CCCNc1ncnc(Oc2cc(Br)ccc2F)c1OC. The van der Waals surface area contributed by atoms with Gasteiger partial charge in [-0.2, -0.15) is 4.98 Å². The Morgan fingerprint density at radius 1 is 1.33 bits per heavy atom. The minimum atomic E-state index is -0.484. The second-order valence-electron chi connectivity index (χ2n) is 4.16. The molecule has 0 amide bonds. The maximum Gasteiger partial charge on any atom is 0.268 e. The maximum absolute atomic E-state index is 13.7. The van der Waals surface area contributed by atoms with Gasteiger partial charge in [0.25, 0.3) is 5.88 Å². The average molecular weight is 356 g/mol. The van der Waals surface area contributed by atoms with Crippen molar-refractivity contribution in [1.82, 2.24) is 9.97 Å². The van der Waals surface area contributed by atoms with E-state index in [-0.39, 0.29) is 11.6 Å². The molecule has 0 saturated heterocycles. The van der Waals surface area contributed by atoms with Crippen LogP contribution in [0.1, 0.15) is 13.3 Å². The highest BCUT2D eigenvalue weighted by Gasteiger charge is 2.16. The van der Waals surface area contributed by atoms with Crippen LogP contribution in [0.4, 0.5) is 10.2 Å². The minimum absolute atomic E-state index is 0.0582. The number of nitrogens with zero attached hydrogens (tertiary/aromatic N) is 2. The third-order valence-corrected chi connectivity index (χ3v) is 3.11. The highest BCUT2D eigenvalue weighted by molar-refractivity contribution is 9.10. The Balaban J connectivity index is 2.33. The molecule has 0 radical (unpaired) electrons. The van der Waals surface area contributed by atoms with Crippen LogP contribution in [-0.2, 0) is 0 Å². The number of rotatable bonds is 6. The van der Waals surface area contributed by atoms with Gasteiger partial charge in [0, 0.05) is 11.0 Å². The number of nitrogens with one attached hydrogen (secondary N) is 1. The van der Waals surface area contributed by atoms with E-state index in [0.29, 0.717) is 16.0 Å². The lowest BCUT2D eigenvalue weighted by Crippen LogP contribution is -2.06. The van der Waals surface area contributed by atoms with Crippen molar-refractivity contribution in [3.05, 3.63) is 34.8 Å². The molecule has 1 heterocycles. The molecular weight excluding hydrogens is 341 g/mol. The van der Waals surface area contributed by atoms with E-state index in [1.807, 2.05) is 6.92 Å². The van der Waals surface area contributed by atoms with E-state index in [1.54, 1.807) is 6.07 Å². The van der Waals surface area contributed by atoms with Crippen molar-refractivity contribution in [2.45, 2.75) is 13.3 Å². The monoisotopic (exact) mass is 355 g/mol. The van der Waals surface area contributed by atoms with Crippen LogP contribution in [-0.4, -0.2) is 23.6 Å². The van der Waals surface area contributed by atoms with Crippen molar-refractivity contribution in [1.29, 1.82) is 0 Å². The molecule has 0 aliphatic rings. The summed E-state index contributed by atoms with van der Waals surface area (Å²) in [7, 11) is 1.49. The lowest BCUT2D eigenvalue weighted by Gasteiger charge is -2.13. The number of hydrogen-bond acceptors (Lipinski definition) is 5. The van der Waals surface area contributed by atoms with Gasteiger partial charge in [-0.15, -0.1) is 0 Å². The van der Waals surface area contributed by atoms with E-state index >= 15 is 0 Å². The van der Waals surface area contributed by atoms with E-state index < -0.39 is 5.82 Å². The van der Waals surface area contributed by atoms with Gasteiger partial charge in [-0.25, -0.2) is 9.37 Å². The lowest BCUT2D eigenvalue weighted by atomic mass is 10.3. The zero-order valence-electron chi connectivity index (χ0n) is 11.7. The quantitative estimate of drug-likeness (QED) is 0.848. The Hall–Kier alpha value is -1.89. The Bertz CT molecular complexity index is 625. The summed E-state index contributed by atoms with van der Waals surface area (Å²) >= 11 is 3.27. The summed E-state index contributed by atoms with van der Waals surface area (Å²) in [4.78, 5) is 8.10. The summed E-state index contributed by atoms with van der Waals surface area (Å²) in [5, 5.41) is 3.11. The van der Waals surface area contributed by atoms with Gasteiger partial charge in [-0.3, -0.25) is 0 Å². The summed E-state index contributed by atoms with van der Waals surface area (Å²) < 4.78 is 25.2. The van der Waals surface area contributed by atoms with Gasteiger partial charge in [0.2, 0.25) is 5.75 Å². The fourth-order valence-corrected chi connectivity index (χ4v) is 1.98. The first-order valence-electron chi connectivity index (χ1n) is 6.41. The molecule has 5 nitrogen and oxygen atoms in total. The van der Waals surface area contributed by atoms with Crippen LogP contribution in [0.2, 0.25) is 0 Å². The maximum atomic E-state index is 13.7. The second kappa shape index (κ2) is 7.21. The minimum Gasteiger partial charge on any atom is -0.489 e. The highest BCUT2D eigenvalue weighted by atomic mass is 79.9. The van der Waals surface area contributed by atoms with Crippen LogP contribution in [0.5, 0.6) is 17.4 Å². The van der Waals surface area contributed by atoms with E-state index in [0.717, 1.165) is 13.0 Å². The molecule has 21 heavy (non-hydrogen) atoms. The number of benzene rings is 1. The molecule has 0 spiro atoms. The third kappa shape index (κ3) is 3.81. The predicted octanol–water partition coefficient (Wildman–Crippen LogP) is 4.00. The first-order valence-corrected chi connectivity index (χ1v) is 7.20. The van der Waals surface area contributed by atoms with Crippen LogP contribution < -0.4 is 14.8 Å². The van der Waals surface area contributed by atoms with Crippen molar-refractivity contribution in [3.8, 4) is 17.4 Å². The second-order valence-corrected chi connectivity index (χ2v) is 5.08. The third-order valence-electron chi connectivity index (χ3n) is 2.62. The van der Waals surface area contributed by atoms with Gasteiger partial charge in [0.05, 0.1) is 7.11 Å². The van der Waals surface area contributed by atoms with Gasteiger partial charge in [0.15, 0.2) is 17.4 Å². The summed E-state index contributed by atoms with van der Waals surface area (Å²) in [5.41, 5.74) is 0. The fraction of sp³-hybridized carbons (Fsp3) is 0.286. The summed E-state index contributed by atoms with van der Waals surface area (Å²) in [6, 6.07) is 4.42. The van der Waals surface area contributed by atoms with Crippen LogP contribution in [0.15, 0.2) is 29.0 Å². The largest absolute Gasteiger partial charge is 0.489 e. The number of anilines is 1. The first-order chi connectivity index (χ1) is 10.2. The molecule has 0 aliphatic carbocycles. The molecule has 0 fully saturated rings. The molecule has 1 aromatic carbocycles. The number of aromatic nitrogens is 2. The van der Waals surface area contributed by atoms with Gasteiger partial charge in [-0.1, -0.05) is 22.9 Å². The summed E-state index contributed by atoms with van der Waals surface area (Å²) in [6.45, 7) is 2.77. The zero-order chi connectivity index (χ0) is 15.2. The fourth-order valence-electron chi connectivity index (χ4n) is 1.64. The molecule has 0 aliphatic heterocycles. The zero-order valence-corrected chi connectivity index (χ0v) is 13.3. The number of methoxy groups -OCH3 is 1. The topological polar surface area (TPSA) is 56.3 Å². The Morgan fingerprint density at radius 3 is 2.86 bits per heavy atom. The van der Waals surface area contributed by atoms with E-state index in [2.05, 4.69) is 31.2 Å². The summed E-state index contributed by atoms with van der Waals surface area (Å²) in [6.07, 6.45) is 2.27. The Kier molecular flexibility index (Phi) is 5.32. The van der Waals surface area contributed by atoms with Crippen molar-refractivity contribution >= 4 is 21.7 Å². The van der Waals surface area contributed by atoms with Gasteiger partial charge >= 0.3 is 0 Å². The van der Waals surface area contributed by atoms with Crippen molar-refractivity contribution in [2.24, 2.45) is 0 Å². The summed E-state index contributed by atoms with van der Waals surface area (Å²) in [5.74, 6) is 0.581. The van der Waals surface area contributed by atoms with E-state index in [9.17, 15) is 4.39 Å². The number of ether oxygens (including phenoxy) is 2. The van der Waals surface area contributed by atoms with Crippen LogP contribution in [0.3, 0.4) is 0 Å². The molecule has 0 atom stereocenters. The lowest BCUT2D eigenvalue weighted by molar-refractivity contribution is 0.360. The Labute approximate surface area is 130 Å². The normalized spacial score (nSPS) is 10.3. The number of hydrogen-bond donors (Lipinski definition) is 1. The predicted molar refractivity (Wildman–Crippen MR) is 81.5 cm³/mol. The molecule has 1 aromatic heterocycles. The van der Waals surface area contributed by atoms with Crippen molar-refractivity contribution in [2.75, 3.05) is 19.0 Å². The van der Waals surface area contributed by atoms with E-state index in [4.69, 9.17) is 9.47 Å². The standard InChI is InChI=1S/C14H15BrFN3O2/c1-3-6-17-13-12(20-2)14(19-8-18-13)21-11-7-9(15)4-5-10(11)16/h4-5,7-8H,3,6H2,1-2H3,(H,17,18,19). The molecule has 1 N–H and O–H groups in total. The molecule has 112 valence electrons. The first kappa shape index (κ1) is 15.5. The van der Waals surface area contributed by atoms with Crippen LogP contribution in [0, 0.1) is 5.82 Å². The molecule has 7 heteroatoms. The van der Waals surface area contributed by atoms with Crippen LogP contribution >= 0.6 is 15.9 Å². The van der Waals surface area contributed by atoms with Crippen LogP contribution in [0.25, 0.3) is 0 Å². The molecular formula is C14H15BrFN3O2.